The summed E-state index contributed by atoms with van der Waals surface area (Å²) in [6.45, 7) is 0. The number of nitrogens with one attached hydrogen (secondary N) is 1. The fourth-order valence-corrected chi connectivity index (χ4v) is 2.57. The number of benzene rings is 2. The molecule has 2 aromatic carbocycles. The van der Waals surface area contributed by atoms with Crippen molar-refractivity contribution in [3.63, 3.8) is 0 Å². The highest BCUT2D eigenvalue weighted by Crippen LogP contribution is 2.28. The van der Waals surface area contributed by atoms with E-state index in [-0.39, 0.29) is 16.6 Å². The van der Waals surface area contributed by atoms with E-state index in [1.54, 1.807) is 18.2 Å². The SMILES string of the molecule is O=C(Nc1ccc(Cl)c([N+](=O)[O-])c1)c1cc(Br)ccc1Br. The molecule has 0 bridgehead atoms. The fraction of sp³-hybridized carbons (Fsp3) is 0. The van der Waals surface area contributed by atoms with Crippen molar-refractivity contribution in [2.45, 2.75) is 0 Å². The van der Waals surface area contributed by atoms with Gasteiger partial charge in [0.15, 0.2) is 0 Å². The molecule has 5 nitrogen and oxygen atoms in total. The van der Waals surface area contributed by atoms with Gasteiger partial charge in [0, 0.05) is 20.7 Å². The number of hydrogen-bond acceptors (Lipinski definition) is 3. The number of rotatable bonds is 3. The first-order valence-electron chi connectivity index (χ1n) is 5.59. The van der Waals surface area contributed by atoms with Crippen molar-refractivity contribution in [2.75, 3.05) is 5.32 Å². The van der Waals surface area contributed by atoms with Crippen molar-refractivity contribution in [3.8, 4) is 0 Å². The zero-order valence-corrected chi connectivity index (χ0v) is 14.2. The van der Waals surface area contributed by atoms with Crippen LogP contribution in [0, 0.1) is 10.1 Å². The van der Waals surface area contributed by atoms with Crippen LogP contribution < -0.4 is 5.32 Å². The van der Waals surface area contributed by atoms with Gasteiger partial charge in [-0.25, -0.2) is 0 Å². The highest BCUT2D eigenvalue weighted by atomic mass is 79.9. The summed E-state index contributed by atoms with van der Waals surface area (Å²) in [4.78, 5) is 22.4. The maximum absolute atomic E-state index is 12.2. The predicted octanol–water partition coefficient (Wildman–Crippen LogP) is 5.03. The molecule has 0 spiro atoms. The third kappa shape index (κ3) is 3.81. The van der Waals surface area contributed by atoms with Crippen LogP contribution in [0.15, 0.2) is 45.3 Å². The molecule has 0 saturated carbocycles. The van der Waals surface area contributed by atoms with Crippen LogP contribution in [0.4, 0.5) is 11.4 Å². The zero-order valence-electron chi connectivity index (χ0n) is 10.3. The Labute approximate surface area is 141 Å². The van der Waals surface area contributed by atoms with Crippen LogP contribution in [0.1, 0.15) is 10.4 Å². The molecule has 2 rings (SSSR count). The number of nitrogens with zero attached hydrogens (tertiary/aromatic N) is 1. The molecule has 0 aliphatic heterocycles. The molecule has 1 amide bonds. The first-order chi connectivity index (χ1) is 9.88. The molecule has 21 heavy (non-hydrogen) atoms. The van der Waals surface area contributed by atoms with Crippen molar-refractivity contribution in [3.05, 3.63) is 66.0 Å². The Hall–Kier alpha value is -1.44. The van der Waals surface area contributed by atoms with E-state index in [0.717, 1.165) is 4.47 Å². The standard InChI is InChI=1S/C13H7Br2ClN2O3/c14-7-1-3-10(15)9(5-7)13(19)17-8-2-4-11(16)12(6-8)18(20)21/h1-6H,(H,17,19). The van der Waals surface area contributed by atoms with Crippen molar-refractivity contribution in [1.82, 2.24) is 0 Å². The minimum Gasteiger partial charge on any atom is -0.322 e. The number of nitro benzene ring substituents is 1. The summed E-state index contributed by atoms with van der Waals surface area (Å²) in [7, 11) is 0. The second-order valence-corrected chi connectivity index (χ2v) is 6.18. The van der Waals surface area contributed by atoms with Crippen molar-refractivity contribution in [1.29, 1.82) is 0 Å². The quantitative estimate of drug-likeness (QED) is 0.544. The molecule has 0 heterocycles. The van der Waals surface area contributed by atoms with E-state index in [0.29, 0.717) is 15.7 Å². The lowest BCUT2D eigenvalue weighted by Gasteiger charge is -2.08. The van der Waals surface area contributed by atoms with Gasteiger partial charge >= 0.3 is 0 Å². The van der Waals surface area contributed by atoms with Gasteiger partial charge in [0.05, 0.1) is 10.5 Å². The van der Waals surface area contributed by atoms with E-state index < -0.39 is 4.92 Å². The van der Waals surface area contributed by atoms with Crippen LogP contribution in [-0.4, -0.2) is 10.8 Å². The Kier molecular flexibility index (Phi) is 4.97. The Bertz CT molecular complexity index is 737. The van der Waals surface area contributed by atoms with E-state index in [4.69, 9.17) is 11.6 Å². The molecule has 0 aromatic heterocycles. The van der Waals surface area contributed by atoms with E-state index in [1.165, 1.54) is 18.2 Å². The summed E-state index contributed by atoms with van der Waals surface area (Å²) in [5.74, 6) is -0.389. The van der Waals surface area contributed by atoms with Gasteiger partial charge in [-0.05, 0) is 46.3 Å². The highest BCUT2D eigenvalue weighted by molar-refractivity contribution is 9.11. The van der Waals surface area contributed by atoms with E-state index >= 15 is 0 Å². The van der Waals surface area contributed by atoms with Crippen LogP contribution >= 0.6 is 43.5 Å². The number of amides is 1. The molecule has 0 aliphatic rings. The molecule has 1 N–H and O–H groups in total. The monoisotopic (exact) mass is 432 g/mol. The van der Waals surface area contributed by atoms with Gasteiger partial charge < -0.3 is 5.32 Å². The first kappa shape index (κ1) is 15.9. The average molecular weight is 434 g/mol. The first-order valence-corrected chi connectivity index (χ1v) is 7.55. The van der Waals surface area contributed by atoms with E-state index in [1.807, 2.05) is 0 Å². The summed E-state index contributed by atoms with van der Waals surface area (Å²) in [6.07, 6.45) is 0. The molecule has 0 fully saturated rings. The summed E-state index contributed by atoms with van der Waals surface area (Å²) in [5.41, 5.74) is 0.438. The lowest BCUT2D eigenvalue weighted by Crippen LogP contribution is -2.12. The van der Waals surface area contributed by atoms with Gasteiger partial charge in [-0.2, -0.15) is 0 Å². The molecule has 0 aliphatic carbocycles. The van der Waals surface area contributed by atoms with Gasteiger partial charge in [0.1, 0.15) is 5.02 Å². The normalized spacial score (nSPS) is 10.2. The van der Waals surface area contributed by atoms with Gasteiger partial charge in [-0.1, -0.05) is 27.5 Å². The molecule has 0 unspecified atom stereocenters. The smallest absolute Gasteiger partial charge is 0.289 e. The number of hydrogen-bond donors (Lipinski definition) is 1. The van der Waals surface area contributed by atoms with Gasteiger partial charge in [-0.15, -0.1) is 0 Å². The number of carbonyl (C=O) groups excluding carboxylic acids is 1. The van der Waals surface area contributed by atoms with Crippen LogP contribution in [0.25, 0.3) is 0 Å². The molecule has 0 radical (unpaired) electrons. The number of anilines is 1. The maximum atomic E-state index is 12.2. The minimum atomic E-state index is -0.604. The average Bonchev–Trinajstić information content (AvgIpc) is 2.43. The molecule has 2 aromatic rings. The summed E-state index contributed by atoms with van der Waals surface area (Å²) in [6, 6.07) is 9.23. The Morgan fingerprint density at radius 3 is 2.57 bits per heavy atom. The highest BCUT2D eigenvalue weighted by Gasteiger charge is 2.15. The minimum absolute atomic E-state index is 0.0154. The molecule has 0 saturated heterocycles. The predicted molar refractivity (Wildman–Crippen MR) is 87.9 cm³/mol. The fourth-order valence-electron chi connectivity index (χ4n) is 1.60. The Balaban J connectivity index is 2.29. The lowest BCUT2D eigenvalue weighted by molar-refractivity contribution is -0.384. The van der Waals surface area contributed by atoms with Crippen molar-refractivity contribution < 1.29 is 9.72 Å². The number of carbonyl (C=O) groups is 1. The van der Waals surface area contributed by atoms with Crippen LogP contribution in [0.5, 0.6) is 0 Å². The van der Waals surface area contributed by atoms with Crippen molar-refractivity contribution >= 4 is 60.7 Å². The van der Waals surface area contributed by atoms with Crippen molar-refractivity contribution in [2.24, 2.45) is 0 Å². The summed E-state index contributed by atoms with van der Waals surface area (Å²) in [5, 5.41) is 13.4. The van der Waals surface area contributed by atoms with E-state index in [9.17, 15) is 14.9 Å². The largest absolute Gasteiger partial charge is 0.322 e. The number of nitro groups is 1. The Morgan fingerprint density at radius 2 is 1.90 bits per heavy atom. The third-order valence-electron chi connectivity index (χ3n) is 2.57. The van der Waals surface area contributed by atoms with Crippen LogP contribution in [0.3, 0.4) is 0 Å². The van der Waals surface area contributed by atoms with Crippen LogP contribution in [-0.2, 0) is 0 Å². The van der Waals surface area contributed by atoms with Crippen LogP contribution in [0.2, 0.25) is 5.02 Å². The van der Waals surface area contributed by atoms with Gasteiger partial charge in [0.2, 0.25) is 0 Å². The lowest BCUT2D eigenvalue weighted by atomic mass is 10.2. The summed E-state index contributed by atoms with van der Waals surface area (Å²) >= 11 is 12.3. The van der Waals surface area contributed by atoms with Gasteiger partial charge in [0.25, 0.3) is 11.6 Å². The molecular weight excluding hydrogens is 427 g/mol. The summed E-state index contributed by atoms with van der Waals surface area (Å²) < 4.78 is 1.37. The zero-order chi connectivity index (χ0) is 15.6. The molecule has 0 atom stereocenters. The Morgan fingerprint density at radius 1 is 1.19 bits per heavy atom. The molecule has 108 valence electrons. The molecule has 8 heteroatoms. The molecular formula is C13H7Br2ClN2O3. The van der Waals surface area contributed by atoms with Gasteiger partial charge in [-0.3, -0.25) is 14.9 Å². The van der Waals surface area contributed by atoms with E-state index in [2.05, 4.69) is 37.2 Å². The second kappa shape index (κ2) is 6.55. The second-order valence-electron chi connectivity index (χ2n) is 4.00. The maximum Gasteiger partial charge on any atom is 0.289 e. The number of halogens is 3. The topological polar surface area (TPSA) is 72.2 Å². The third-order valence-corrected chi connectivity index (χ3v) is 4.08.